The molecule has 0 radical (unpaired) electrons. The van der Waals surface area contributed by atoms with E-state index in [1.165, 1.54) is 4.68 Å². The van der Waals surface area contributed by atoms with Crippen molar-refractivity contribution in [2.45, 2.75) is 78.8 Å². The number of rotatable bonds is 8. The number of aliphatic carboxylic acids is 1. The van der Waals surface area contributed by atoms with Gasteiger partial charge in [-0.05, 0) is 41.5 Å². The topological polar surface area (TPSA) is 136 Å². The van der Waals surface area contributed by atoms with E-state index in [1.807, 2.05) is 21.8 Å². The fourth-order valence-corrected chi connectivity index (χ4v) is 2.87. The minimum Gasteiger partial charge on any atom is -0.548 e. The third-order valence-corrected chi connectivity index (χ3v) is 4.49. The Hall–Kier alpha value is -2.63. The Bertz CT molecular complexity index is 973. The van der Waals surface area contributed by atoms with Gasteiger partial charge in [-0.25, -0.2) is 14.0 Å². The van der Waals surface area contributed by atoms with Crippen LogP contribution in [0, 0.1) is 0 Å². The summed E-state index contributed by atoms with van der Waals surface area (Å²) in [4.78, 5) is 12.9. The summed E-state index contributed by atoms with van der Waals surface area (Å²) in [6, 6.07) is 0. The SMILES string of the molecule is CC(C)(C)n1cc(CN(Cc2cn(CC(=O)[O-])nn2)Cc2cn(C(C)(C)C)nn2)nn1.[Cu+]. The van der Waals surface area contributed by atoms with E-state index in [2.05, 4.69) is 77.4 Å². The van der Waals surface area contributed by atoms with E-state index in [9.17, 15) is 9.90 Å². The predicted molar refractivity (Wildman–Crippen MR) is 108 cm³/mol. The first-order valence-electron chi connectivity index (χ1n) is 10.0. The monoisotopic (exact) mass is 492 g/mol. The number of hydrogen-bond acceptors (Lipinski definition) is 9. The third-order valence-electron chi connectivity index (χ3n) is 4.49. The Morgan fingerprint density at radius 1 is 0.812 bits per heavy atom. The molecule has 0 aromatic carbocycles. The first-order valence-corrected chi connectivity index (χ1v) is 10.0. The maximum Gasteiger partial charge on any atom is 1.00 e. The van der Waals surface area contributed by atoms with Crippen LogP contribution in [0.25, 0.3) is 0 Å². The number of carboxylic acids is 1. The predicted octanol–water partition coefficient (Wildman–Crippen LogP) is -0.0791. The summed E-state index contributed by atoms with van der Waals surface area (Å²) >= 11 is 0. The second-order valence-electron chi connectivity index (χ2n) is 9.58. The number of carboxylic acid groups (broad SMARTS) is 1. The summed E-state index contributed by atoms with van der Waals surface area (Å²) in [5, 5.41) is 35.8. The van der Waals surface area contributed by atoms with Gasteiger partial charge in [-0.15, -0.1) is 15.3 Å². The van der Waals surface area contributed by atoms with E-state index in [0.29, 0.717) is 25.3 Å². The molecule has 12 nitrogen and oxygen atoms in total. The van der Waals surface area contributed by atoms with E-state index < -0.39 is 5.97 Å². The minimum atomic E-state index is -1.22. The Labute approximate surface area is 197 Å². The maximum absolute atomic E-state index is 10.8. The van der Waals surface area contributed by atoms with Gasteiger partial charge in [0.05, 0.1) is 59.3 Å². The second-order valence-corrected chi connectivity index (χ2v) is 9.58. The Balaban J connectivity index is 0.00000363. The molecule has 0 N–H and O–H groups in total. The van der Waals surface area contributed by atoms with Gasteiger partial charge in [0.15, 0.2) is 0 Å². The van der Waals surface area contributed by atoms with Gasteiger partial charge >= 0.3 is 17.1 Å². The van der Waals surface area contributed by atoms with Crippen LogP contribution in [-0.4, -0.2) is 55.9 Å². The molecule has 0 aliphatic heterocycles. The van der Waals surface area contributed by atoms with Gasteiger partial charge in [-0.1, -0.05) is 15.6 Å². The fourth-order valence-electron chi connectivity index (χ4n) is 2.87. The van der Waals surface area contributed by atoms with Crippen molar-refractivity contribution in [2.24, 2.45) is 0 Å². The van der Waals surface area contributed by atoms with Gasteiger partial charge < -0.3 is 9.90 Å². The largest absolute Gasteiger partial charge is 1.00 e. The fraction of sp³-hybridized carbons (Fsp3) is 0.632. The summed E-state index contributed by atoms with van der Waals surface area (Å²) in [5.74, 6) is -1.22. The average Bonchev–Trinajstić information content (AvgIpc) is 3.34. The molecule has 0 aliphatic carbocycles. The van der Waals surface area contributed by atoms with Crippen molar-refractivity contribution in [3.8, 4) is 0 Å². The molecule has 3 aromatic heterocycles. The number of nitrogens with zero attached hydrogens (tertiary/aromatic N) is 10. The van der Waals surface area contributed by atoms with Crippen LogP contribution < -0.4 is 5.11 Å². The molecular weight excluding hydrogens is 464 g/mol. The van der Waals surface area contributed by atoms with Crippen molar-refractivity contribution in [1.29, 1.82) is 0 Å². The molecule has 0 fully saturated rings. The molecule has 0 atom stereocenters. The smallest absolute Gasteiger partial charge is 0.548 e. The van der Waals surface area contributed by atoms with Crippen LogP contribution in [-0.2, 0) is 59.1 Å². The van der Waals surface area contributed by atoms with E-state index in [0.717, 1.165) is 11.4 Å². The van der Waals surface area contributed by atoms with Gasteiger partial charge in [0.25, 0.3) is 0 Å². The van der Waals surface area contributed by atoms with Crippen molar-refractivity contribution < 1.29 is 27.0 Å². The van der Waals surface area contributed by atoms with E-state index in [-0.39, 0.29) is 34.7 Å². The average molecular weight is 493 g/mol. The van der Waals surface area contributed by atoms with Crippen molar-refractivity contribution in [1.82, 2.24) is 49.9 Å². The van der Waals surface area contributed by atoms with E-state index >= 15 is 0 Å². The van der Waals surface area contributed by atoms with Crippen molar-refractivity contribution in [2.75, 3.05) is 0 Å². The maximum atomic E-state index is 10.8. The molecule has 0 saturated heterocycles. The van der Waals surface area contributed by atoms with E-state index in [1.54, 1.807) is 6.20 Å². The van der Waals surface area contributed by atoms with Crippen LogP contribution >= 0.6 is 0 Å². The minimum absolute atomic E-state index is 0. The molecule has 0 bridgehead atoms. The summed E-state index contributed by atoms with van der Waals surface area (Å²) in [5.41, 5.74) is 1.91. The molecule has 3 heterocycles. The van der Waals surface area contributed by atoms with Gasteiger partial charge in [-0.3, -0.25) is 4.90 Å². The summed E-state index contributed by atoms with van der Waals surface area (Å²) in [6.07, 6.45) is 5.44. The van der Waals surface area contributed by atoms with Gasteiger partial charge in [0.1, 0.15) is 0 Å². The molecule has 13 heteroatoms. The van der Waals surface area contributed by atoms with Crippen molar-refractivity contribution in [3.63, 3.8) is 0 Å². The molecule has 0 aliphatic rings. The molecule has 0 saturated carbocycles. The van der Waals surface area contributed by atoms with Gasteiger partial charge in [0, 0.05) is 19.6 Å². The summed E-state index contributed by atoms with van der Waals surface area (Å²) in [7, 11) is 0. The zero-order valence-electron chi connectivity index (χ0n) is 19.2. The molecular formula is C19H29CuN10O2. The normalized spacial score (nSPS) is 12.2. The van der Waals surface area contributed by atoms with Crippen LogP contribution in [0.15, 0.2) is 18.6 Å². The first kappa shape index (κ1) is 25.6. The number of carbonyl (C=O) groups is 1. The Morgan fingerprint density at radius 2 is 1.22 bits per heavy atom. The second kappa shape index (κ2) is 9.88. The van der Waals surface area contributed by atoms with Crippen molar-refractivity contribution >= 4 is 5.97 Å². The van der Waals surface area contributed by atoms with Crippen molar-refractivity contribution in [3.05, 3.63) is 35.7 Å². The molecule has 32 heavy (non-hydrogen) atoms. The Morgan fingerprint density at radius 3 is 1.59 bits per heavy atom. The standard InChI is InChI=1S/C19H30N10O2.Cu/c1-18(2,3)28-11-15(21-24-28)8-26(7-14-10-27(23-20-14)13-17(30)31)9-16-12-29(25-22-16)19(4,5)6;/h10-12H,7-9,13H2,1-6H3,(H,30,31);/q;+1/p-1. The number of carbonyl (C=O) groups excluding carboxylic acids is 1. The molecule has 3 aromatic rings. The third kappa shape index (κ3) is 6.94. The molecule has 178 valence electrons. The Kier molecular flexibility index (Phi) is 7.92. The van der Waals surface area contributed by atoms with Crippen LogP contribution in [0.2, 0.25) is 0 Å². The number of hydrogen-bond donors (Lipinski definition) is 0. The molecule has 0 unspecified atom stereocenters. The quantitative estimate of drug-likeness (QED) is 0.395. The van der Waals surface area contributed by atoms with Crippen LogP contribution in [0.3, 0.4) is 0 Å². The molecule has 3 rings (SSSR count). The van der Waals surface area contributed by atoms with E-state index in [4.69, 9.17) is 0 Å². The van der Waals surface area contributed by atoms with Gasteiger partial charge in [-0.2, -0.15) is 0 Å². The first-order chi connectivity index (χ1) is 14.4. The number of aromatic nitrogens is 9. The van der Waals surface area contributed by atoms with Gasteiger partial charge in [0.2, 0.25) is 0 Å². The molecule has 0 amide bonds. The zero-order chi connectivity index (χ0) is 22.8. The zero-order valence-corrected chi connectivity index (χ0v) is 20.1. The van der Waals surface area contributed by atoms with Crippen LogP contribution in [0.1, 0.15) is 58.6 Å². The van der Waals surface area contributed by atoms with Crippen LogP contribution in [0.4, 0.5) is 0 Å². The molecule has 0 spiro atoms. The summed E-state index contributed by atoms with van der Waals surface area (Å²) in [6.45, 7) is 13.5. The van der Waals surface area contributed by atoms with Crippen LogP contribution in [0.5, 0.6) is 0 Å². The summed E-state index contributed by atoms with van der Waals surface area (Å²) < 4.78 is 4.90.